The van der Waals surface area contributed by atoms with Gasteiger partial charge in [-0.1, -0.05) is 29.8 Å². The quantitative estimate of drug-likeness (QED) is 0.284. The first kappa shape index (κ1) is 28.7. The number of anilines is 1. The van der Waals surface area contributed by atoms with Crippen LogP contribution < -0.4 is 15.4 Å². The molecule has 2 aromatic carbocycles. The van der Waals surface area contributed by atoms with E-state index in [0.717, 1.165) is 30.0 Å². The molecule has 3 atom stereocenters. The highest BCUT2D eigenvalue weighted by atomic mass is 35.5. The number of aliphatic imine (C=N–C) groups is 1. The molecular formula is C30H29ClF3N3O4. The van der Waals surface area contributed by atoms with Crippen molar-refractivity contribution in [3.63, 3.8) is 0 Å². The van der Waals surface area contributed by atoms with Crippen molar-refractivity contribution in [3.05, 3.63) is 76.3 Å². The van der Waals surface area contributed by atoms with Gasteiger partial charge in [0, 0.05) is 40.6 Å². The standard InChI is InChI=1S/C30H29ClF3N3O4/c31-20-9-5-17(6-10-20)28-24(3-1-2-4-27(38)39)35-25-15-18(7-12-23(25)36-28)29(40)37-22-13-14-41-26-16-19(30(32,33)34)8-11-21(22)26/h5,7-12,15-17,22,28,36H,1-4,6,13-14H2,(H,37,40)(H,38,39)/t17?,22-,28?/m1/s1. The fraction of sp³-hybridized carbons (Fsp3) is 0.367. The van der Waals surface area contributed by atoms with Crippen LogP contribution in [0.5, 0.6) is 5.75 Å². The van der Waals surface area contributed by atoms with Gasteiger partial charge in [0.05, 0.1) is 35.6 Å². The predicted molar refractivity (Wildman–Crippen MR) is 150 cm³/mol. The van der Waals surface area contributed by atoms with Crippen LogP contribution in [0.1, 0.15) is 66.1 Å². The number of nitrogens with zero attached hydrogens (tertiary/aromatic N) is 1. The lowest BCUT2D eigenvalue weighted by molar-refractivity contribution is -0.138. The Morgan fingerprint density at radius 2 is 2.00 bits per heavy atom. The van der Waals surface area contributed by atoms with Crippen molar-refractivity contribution in [2.45, 2.75) is 56.8 Å². The van der Waals surface area contributed by atoms with E-state index in [1.54, 1.807) is 18.2 Å². The number of carboxylic acids is 1. The van der Waals surface area contributed by atoms with E-state index in [1.165, 1.54) is 6.07 Å². The molecule has 3 N–H and O–H groups in total. The Morgan fingerprint density at radius 3 is 2.73 bits per heavy atom. The highest BCUT2D eigenvalue weighted by Gasteiger charge is 2.34. The Hall–Kier alpha value is -3.79. The maximum Gasteiger partial charge on any atom is 0.416 e. The zero-order valence-corrected chi connectivity index (χ0v) is 22.8. The van der Waals surface area contributed by atoms with Gasteiger partial charge in [-0.2, -0.15) is 13.2 Å². The molecule has 2 unspecified atom stereocenters. The van der Waals surface area contributed by atoms with Gasteiger partial charge >= 0.3 is 12.1 Å². The smallest absolute Gasteiger partial charge is 0.416 e. The average Bonchev–Trinajstić information content (AvgIpc) is 2.94. The molecule has 2 aromatic rings. The lowest BCUT2D eigenvalue weighted by atomic mass is 9.86. The number of unbranched alkanes of at least 4 members (excludes halogenated alkanes) is 1. The van der Waals surface area contributed by atoms with Crippen LogP contribution in [0.15, 0.2) is 64.7 Å². The van der Waals surface area contributed by atoms with Crippen LogP contribution >= 0.6 is 11.6 Å². The maximum atomic E-state index is 13.2. The first-order valence-electron chi connectivity index (χ1n) is 13.5. The van der Waals surface area contributed by atoms with Crippen LogP contribution in [0.3, 0.4) is 0 Å². The van der Waals surface area contributed by atoms with Crippen molar-refractivity contribution < 1.29 is 32.6 Å². The number of halogens is 4. The molecule has 0 aromatic heterocycles. The molecule has 2 aliphatic heterocycles. The molecule has 7 nitrogen and oxygen atoms in total. The van der Waals surface area contributed by atoms with Crippen LogP contribution in [0.25, 0.3) is 0 Å². The number of alkyl halides is 3. The summed E-state index contributed by atoms with van der Waals surface area (Å²) in [6.07, 6.45) is 4.39. The van der Waals surface area contributed by atoms with Gasteiger partial charge < -0.3 is 20.5 Å². The molecule has 0 radical (unpaired) electrons. The van der Waals surface area contributed by atoms with Crippen LogP contribution in [0.4, 0.5) is 24.5 Å². The Kier molecular flexibility index (Phi) is 8.40. The molecule has 0 fully saturated rings. The average molecular weight is 588 g/mol. The molecular weight excluding hydrogens is 559 g/mol. The first-order chi connectivity index (χ1) is 19.6. The number of rotatable bonds is 8. The third-order valence-corrected chi connectivity index (χ3v) is 7.75. The van der Waals surface area contributed by atoms with Gasteiger partial charge in [0.1, 0.15) is 5.75 Å². The number of amides is 1. The van der Waals surface area contributed by atoms with Crippen LogP contribution in [0, 0.1) is 5.92 Å². The van der Waals surface area contributed by atoms with Crippen LogP contribution in [-0.2, 0) is 11.0 Å². The summed E-state index contributed by atoms with van der Waals surface area (Å²) in [6, 6.07) is 7.87. The summed E-state index contributed by atoms with van der Waals surface area (Å²) >= 11 is 6.12. The van der Waals surface area contributed by atoms with E-state index in [-0.39, 0.29) is 36.6 Å². The van der Waals surface area contributed by atoms with Crippen LogP contribution in [-0.4, -0.2) is 35.3 Å². The van der Waals surface area contributed by atoms with E-state index >= 15 is 0 Å². The largest absolute Gasteiger partial charge is 0.493 e. The fourth-order valence-corrected chi connectivity index (χ4v) is 5.49. The lowest BCUT2D eigenvalue weighted by Crippen LogP contribution is -2.38. The van der Waals surface area contributed by atoms with Gasteiger partial charge in [0.2, 0.25) is 0 Å². The third-order valence-electron chi connectivity index (χ3n) is 7.47. The van der Waals surface area contributed by atoms with Crippen molar-refractivity contribution >= 4 is 40.6 Å². The number of hydrogen-bond donors (Lipinski definition) is 3. The normalized spacial score (nSPS) is 21.4. The summed E-state index contributed by atoms with van der Waals surface area (Å²) in [6.45, 7) is 0.181. The zero-order valence-electron chi connectivity index (χ0n) is 22.0. The molecule has 0 saturated heterocycles. The number of benzene rings is 2. The summed E-state index contributed by atoms with van der Waals surface area (Å²) in [7, 11) is 0. The summed E-state index contributed by atoms with van der Waals surface area (Å²) < 4.78 is 44.9. The highest BCUT2D eigenvalue weighted by Crippen LogP contribution is 2.39. The predicted octanol–water partition coefficient (Wildman–Crippen LogP) is 7.17. The number of allylic oxidation sites excluding steroid dienone is 3. The van der Waals surface area contributed by atoms with Gasteiger partial charge in [0.15, 0.2) is 0 Å². The van der Waals surface area contributed by atoms with E-state index in [1.807, 2.05) is 18.2 Å². The number of aliphatic carboxylic acids is 1. The highest BCUT2D eigenvalue weighted by molar-refractivity contribution is 6.31. The topological polar surface area (TPSA) is 100 Å². The van der Waals surface area contributed by atoms with E-state index in [0.29, 0.717) is 47.5 Å². The number of hydrogen-bond acceptors (Lipinski definition) is 5. The molecule has 0 saturated carbocycles. The molecule has 41 heavy (non-hydrogen) atoms. The second kappa shape index (κ2) is 12.0. The van der Waals surface area contributed by atoms with E-state index in [2.05, 4.69) is 10.6 Å². The number of ether oxygens (including phenoxy) is 1. The van der Waals surface area contributed by atoms with Crippen molar-refractivity contribution in [2.24, 2.45) is 10.9 Å². The second-order valence-electron chi connectivity index (χ2n) is 10.3. The second-order valence-corrected chi connectivity index (χ2v) is 10.8. The zero-order chi connectivity index (χ0) is 29.1. The fourth-order valence-electron chi connectivity index (χ4n) is 5.33. The molecule has 11 heteroatoms. The number of carbonyl (C=O) groups excluding carboxylic acids is 1. The summed E-state index contributed by atoms with van der Waals surface area (Å²) in [5.41, 5.74) is 2.30. The van der Waals surface area contributed by atoms with Crippen molar-refractivity contribution in [2.75, 3.05) is 11.9 Å². The summed E-state index contributed by atoms with van der Waals surface area (Å²) in [4.78, 5) is 29.1. The number of carbonyl (C=O) groups is 2. The van der Waals surface area contributed by atoms with Gasteiger partial charge in [-0.3, -0.25) is 14.6 Å². The lowest BCUT2D eigenvalue weighted by Gasteiger charge is -2.33. The molecule has 0 spiro atoms. The molecule has 3 aliphatic rings. The Morgan fingerprint density at radius 1 is 1.17 bits per heavy atom. The van der Waals surface area contributed by atoms with Crippen LogP contribution in [0.2, 0.25) is 0 Å². The van der Waals surface area contributed by atoms with Gasteiger partial charge in [0.25, 0.3) is 5.91 Å². The Balaban J connectivity index is 1.34. The van der Waals surface area contributed by atoms with Crippen molar-refractivity contribution in [1.29, 1.82) is 0 Å². The molecule has 2 heterocycles. The SMILES string of the molecule is O=C(O)CCCCC1=Nc2cc(C(=O)N[C@@H]3CCOc4cc(C(F)(F)F)ccc43)ccc2NC1C1C=CC(Cl)=CC1. The Labute approximate surface area is 240 Å². The van der Waals surface area contributed by atoms with Gasteiger partial charge in [-0.15, -0.1) is 0 Å². The maximum absolute atomic E-state index is 13.2. The minimum absolute atomic E-state index is 0.0841. The molecule has 5 rings (SSSR count). The molecule has 1 amide bonds. The summed E-state index contributed by atoms with van der Waals surface area (Å²) in [5.74, 6) is -0.990. The number of nitrogens with one attached hydrogen (secondary N) is 2. The number of carboxylic acid groups (broad SMARTS) is 1. The molecule has 216 valence electrons. The van der Waals surface area contributed by atoms with Crippen molar-refractivity contribution in [1.82, 2.24) is 5.32 Å². The number of fused-ring (bicyclic) bond motifs is 2. The van der Waals surface area contributed by atoms with E-state index in [4.69, 9.17) is 26.4 Å². The monoisotopic (exact) mass is 587 g/mol. The van der Waals surface area contributed by atoms with E-state index in [9.17, 15) is 22.8 Å². The first-order valence-corrected chi connectivity index (χ1v) is 13.8. The van der Waals surface area contributed by atoms with Gasteiger partial charge in [-0.05, 0) is 62.1 Å². The summed E-state index contributed by atoms with van der Waals surface area (Å²) in [5, 5.41) is 16.2. The third kappa shape index (κ3) is 6.75. The van der Waals surface area contributed by atoms with E-state index < -0.39 is 23.8 Å². The molecule has 0 bridgehead atoms. The molecule has 1 aliphatic carbocycles. The minimum atomic E-state index is -4.49. The van der Waals surface area contributed by atoms with Gasteiger partial charge in [-0.25, -0.2) is 0 Å². The Bertz CT molecular complexity index is 1440. The van der Waals surface area contributed by atoms with Crippen molar-refractivity contribution in [3.8, 4) is 5.75 Å². The minimum Gasteiger partial charge on any atom is -0.493 e.